The molecule has 0 fully saturated rings. The maximum Gasteiger partial charge on any atom is 0.418 e. The van der Waals surface area contributed by atoms with E-state index >= 15 is 0 Å². The van der Waals surface area contributed by atoms with Gasteiger partial charge >= 0.3 is 6.18 Å². The van der Waals surface area contributed by atoms with E-state index in [1.807, 2.05) is 0 Å². The zero-order chi connectivity index (χ0) is 16.2. The summed E-state index contributed by atoms with van der Waals surface area (Å²) in [6, 6.07) is 3.17. The van der Waals surface area contributed by atoms with E-state index in [9.17, 15) is 18.0 Å². The van der Waals surface area contributed by atoms with E-state index in [1.165, 1.54) is 24.1 Å². The molecule has 0 aliphatic heterocycles. The van der Waals surface area contributed by atoms with Crippen LogP contribution in [0, 0.1) is 0 Å². The van der Waals surface area contributed by atoms with Crippen molar-refractivity contribution in [3.63, 3.8) is 0 Å². The fourth-order valence-electron chi connectivity index (χ4n) is 1.94. The highest BCUT2D eigenvalue weighted by Gasteiger charge is 2.35. The van der Waals surface area contributed by atoms with Crippen molar-refractivity contribution < 1.29 is 22.7 Å². The third-order valence-corrected chi connectivity index (χ3v) is 3.06. The van der Waals surface area contributed by atoms with E-state index in [2.05, 4.69) is 0 Å². The largest absolute Gasteiger partial charge is 0.418 e. The van der Waals surface area contributed by atoms with Crippen LogP contribution >= 0.6 is 0 Å². The molecule has 1 rings (SSSR count). The Balaban J connectivity index is 3.17. The second-order valence-corrected chi connectivity index (χ2v) is 4.85. The molecule has 0 unspecified atom stereocenters. The molecule has 0 aliphatic rings. The monoisotopic (exact) mass is 304 g/mol. The normalized spacial score (nSPS) is 11.8. The lowest BCUT2D eigenvalue weighted by molar-refractivity contribution is -0.136. The van der Waals surface area contributed by atoms with Crippen LogP contribution in [0.5, 0.6) is 0 Å². The number of anilines is 1. The minimum atomic E-state index is -4.59. The third-order valence-electron chi connectivity index (χ3n) is 3.06. The van der Waals surface area contributed by atoms with Crippen molar-refractivity contribution in [2.24, 2.45) is 0 Å². The first-order valence-corrected chi connectivity index (χ1v) is 6.45. The number of nitrogen functional groups attached to an aromatic ring is 1. The Hall–Kier alpha value is -1.76. The number of alkyl halides is 3. The molecular formula is C14H19F3N2O2. The summed E-state index contributed by atoms with van der Waals surface area (Å²) in [5.74, 6) is -0.536. The van der Waals surface area contributed by atoms with Gasteiger partial charge in [0.2, 0.25) is 0 Å². The Bertz CT molecular complexity index is 501. The Morgan fingerprint density at radius 1 is 1.38 bits per heavy atom. The molecule has 1 amide bonds. The molecule has 0 aliphatic carbocycles. The molecule has 0 bridgehead atoms. The number of rotatable bonds is 5. The SMILES string of the molecule is COCCN(C(=O)c1cccc(C(F)(F)F)c1N)C(C)C. The first kappa shape index (κ1) is 17.3. The average molecular weight is 304 g/mol. The van der Waals surface area contributed by atoms with Crippen LogP contribution < -0.4 is 5.73 Å². The van der Waals surface area contributed by atoms with Gasteiger partial charge in [0, 0.05) is 19.7 Å². The molecule has 0 radical (unpaired) electrons. The van der Waals surface area contributed by atoms with E-state index in [4.69, 9.17) is 10.5 Å². The van der Waals surface area contributed by atoms with Crippen LogP contribution in [0.25, 0.3) is 0 Å². The van der Waals surface area contributed by atoms with Crippen molar-refractivity contribution in [3.8, 4) is 0 Å². The van der Waals surface area contributed by atoms with Gasteiger partial charge in [0.05, 0.1) is 23.4 Å². The van der Waals surface area contributed by atoms with Gasteiger partial charge in [-0.3, -0.25) is 4.79 Å². The van der Waals surface area contributed by atoms with Crippen LogP contribution in [0.2, 0.25) is 0 Å². The van der Waals surface area contributed by atoms with Crippen molar-refractivity contribution in [1.29, 1.82) is 0 Å². The molecule has 118 valence electrons. The molecule has 1 aromatic carbocycles. The number of carbonyl (C=O) groups excluding carboxylic acids is 1. The van der Waals surface area contributed by atoms with Gasteiger partial charge in [-0.2, -0.15) is 13.2 Å². The Morgan fingerprint density at radius 2 is 2.00 bits per heavy atom. The lowest BCUT2D eigenvalue weighted by Gasteiger charge is -2.27. The first-order chi connectivity index (χ1) is 9.70. The van der Waals surface area contributed by atoms with E-state index in [0.29, 0.717) is 6.61 Å². The summed E-state index contributed by atoms with van der Waals surface area (Å²) in [5, 5.41) is 0. The Kier molecular flexibility index (Phi) is 5.60. The molecule has 0 saturated carbocycles. The fourth-order valence-corrected chi connectivity index (χ4v) is 1.94. The first-order valence-electron chi connectivity index (χ1n) is 6.45. The van der Waals surface area contributed by atoms with Gasteiger partial charge in [-0.25, -0.2) is 0 Å². The van der Waals surface area contributed by atoms with Crippen LogP contribution in [0.1, 0.15) is 29.8 Å². The summed E-state index contributed by atoms with van der Waals surface area (Å²) in [7, 11) is 1.49. The summed E-state index contributed by atoms with van der Waals surface area (Å²) in [6.45, 7) is 4.13. The van der Waals surface area contributed by atoms with Gasteiger partial charge in [-0.05, 0) is 26.0 Å². The fraction of sp³-hybridized carbons (Fsp3) is 0.500. The standard InChI is InChI=1S/C14H19F3N2O2/c1-9(2)19(7-8-21-3)13(20)10-5-4-6-11(12(10)18)14(15,16)17/h4-6,9H,7-8,18H2,1-3H3. The molecule has 1 aromatic rings. The average Bonchev–Trinajstić information content (AvgIpc) is 2.37. The number of para-hydroxylation sites is 1. The van der Waals surface area contributed by atoms with E-state index in [-0.39, 0.29) is 18.2 Å². The van der Waals surface area contributed by atoms with Crippen molar-refractivity contribution >= 4 is 11.6 Å². The second kappa shape index (κ2) is 6.80. The maximum atomic E-state index is 12.8. The van der Waals surface area contributed by atoms with Gasteiger partial charge in [-0.15, -0.1) is 0 Å². The molecular weight excluding hydrogens is 285 g/mol. The minimum Gasteiger partial charge on any atom is -0.398 e. The molecule has 0 aromatic heterocycles. The Morgan fingerprint density at radius 3 is 2.48 bits per heavy atom. The van der Waals surface area contributed by atoms with Crippen molar-refractivity contribution in [2.45, 2.75) is 26.1 Å². The number of ether oxygens (including phenoxy) is 1. The number of amides is 1. The number of carbonyl (C=O) groups is 1. The highest BCUT2D eigenvalue weighted by molar-refractivity contribution is 6.00. The third kappa shape index (κ3) is 4.10. The van der Waals surface area contributed by atoms with Crippen LogP contribution in [0.4, 0.5) is 18.9 Å². The van der Waals surface area contributed by atoms with Gasteiger partial charge in [0.1, 0.15) is 0 Å². The predicted molar refractivity (Wildman–Crippen MR) is 73.9 cm³/mol. The topological polar surface area (TPSA) is 55.6 Å². The van der Waals surface area contributed by atoms with Gasteiger partial charge in [-0.1, -0.05) is 6.07 Å². The lowest BCUT2D eigenvalue weighted by atomic mass is 10.1. The number of nitrogens with two attached hydrogens (primary N) is 1. The summed E-state index contributed by atoms with van der Waals surface area (Å²) in [6.07, 6.45) is -4.59. The molecule has 7 heteroatoms. The quantitative estimate of drug-likeness (QED) is 0.851. The van der Waals surface area contributed by atoms with Crippen LogP contribution in [0.3, 0.4) is 0 Å². The number of halogens is 3. The smallest absolute Gasteiger partial charge is 0.398 e. The van der Waals surface area contributed by atoms with Crippen molar-refractivity contribution in [3.05, 3.63) is 29.3 Å². The van der Waals surface area contributed by atoms with E-state index < -0.39 is 23.3 Å². The molecule has 21 heavy (non-hydrogen) atoms. The lowest BCUT2D eigenvalue weighted by Crippen LogP contribution is -2.39. The van der Waals surface area contributed by atoms with Gasteiger partial charge in [0.25, 0.3) is 5.91 Å². The zero-order valence-corrected chi connectivity index (χ0v) is 12.2. The highest BCUT2D eigenvalue weighted by Crippen LogP contribution is 2.35. The molecule has 2 N–H and O–H groups in total. The van der Waals surface area contributed by atoms with Gasteiger partial charge in [0.15, 0.2) is 0 Å². The zero-order valence-electron chi connectivity index (χ0n) is 12.2. The summed E-state index contributed by atoms with van der Waals surface area (Å²) in [5.41, 5.74) is 3.85. The molecule has 0 spiro atoms. The molecule has 4 nitrogen and oxygen atoms in total. The number of nitrogens with zero attached hydrogens (tertiary/aromatic N) is 1. The van der Waals surface area contributed by atoms with Crippen LogP contribution in [0.15, 0.2) is 18.2 Å². The Labute approximate surface area is 121 Å². The minimum absolute atomic E-state index is 0.144. The van der Waals surface area contributed by atoms with Crippen LogP contribution in [-0.4, -0.2) is 37.1 Å². The number of methoxy groups -OCH3 is 1. The van der Waals surface area contributed by atoms with E-state index in [0.717, 1.165) is 6.07 Å². The summed E-state index contributed by atoms with van der Waals surface area (Å²) >= 11 is 0. The molecule has 0 atom stereocenters. The molecule has 0 saturated heterocycles. The van der Waals surface area contributed by atoms with Crippen molar-refractivity contribution in [2.75, 3.05) is 26.0 Å². The number of hydrogen-bond donors (Lipinski definition) is 1. The number of benzene rings is 1. The highest BCUT2D eigenvalue weighted by atomic mass is 19.4. The maximum absolute atomic E-state index is 12.8. The van der Waals surface area contributed by atoms with E-state index in [1.54, 1.807) is 13.8 Å². The number of hydrogen-bond acceptors (Lipinski definition) is 3. The summed E-state index contributed by atoms with van der Waals surface area (Å²) in [4.78, 5) is 13.8. The molecule has 0 heterocycles. The summed E-state index contributed by atoms with van der Waals surface area (Å²) < 4.78 is 43.4. The van der Waals surface area contributed by atoms with Crippen LogP contribution in [-0.2, 0) is 10.9 Å². The predicted octanol–water partition coefficient (Wildman–Crippen LogP) is 2.78. The van der Waals surface area contributed by atoms with Crippen molar-refractivity contribution in [1.82, 2.24) is 4.90 Å². The van der Waals surface area contributed by atoms with Gasteiger partial charge < -0.3 is 15.4 Å². The second-order valence-electron chi connectivity index (χ2n) is 4.85.